The molecule has 0 aliphatic heterocycles. The number of hydrogen-bond acceptors (Lipinski definition) is 3. The quantitative estimate of drug-likeness (QED) is 0.935. The third-order valence-electron chi connectivity index (χ3n) is 2.51. The highest BCUT2D eigenvalue weighted by Crippen LogP contribution is 2.36. The van der Waals surface area contributed by atoms with E-state index in [1.807, 2.05) is 0 Å². The molecule has 1 N–H and O–H groups in total. The van der Waals surface area contributed by atoms with E-state index in [4.69, 9.17) is 11.6 Å². The molecule has 1 heterocycles. The molecule has 1 aromatic heterocycles. The van der Waals surface area contributed by atoms with Crippen LogP contribution in [0.5, 0.6) is 0 Å². The Morgan fingerprint density at radius 1 is 1.29 bits per heavy atom. The molecule has 0 aliphatic carbocycles. The summed E-state index contributed by atoms with van der Waals surface area (Å²) in [6.07, 6.45) is -3.26. The van der Waals surface area contributed by atoms with E-state index in [0.717, 1.165) is 12.1 Å². The molecule has 2 aromatic rings. The highest BCUT2D eigenvalue weighted by Gasteiger charge is 2.34. The van der Waals surface area contributed by atoms with Gasteiger partial charge in [0.1, 0.15) is 0 Å². The molecule has 21 heavy (non-hydrogen) atoms. The van der Waals surface area contributed by atoms with E-state index in [9.17, 15) is 21.6 Å². The predicted octanol–water partition coefficient (Wildman–Crippen LogP) is 2.89. The van der Waals surface area contributed by atoms with E-state index in [-0.39, 0.29) is 5.82 Å². The molecule has 0 unspecified atom stereocenters. The van der Waals surface area contributed by atoms with Gasteiger partial charge in [-0.15, -0.1) is 0 Å². The van der Waals surface area contributed by atoms with Crippen molar-refractivity contribution in [1.82, 2.24) is 9.78 Å². The van der Waals surface area contributed by atoms with Gasteiger partial charge in [0, 0.05) is 19.3 Å². The molecule has 0 aliphatic rings. The summed E-state index contributed by atoms with van der Waals surface area (Å²) in [4.78, 5) is -0.551. The lowest BCUT2D eigenvalue weighted by Crippen LogP contribution is -2.15. The summed E-state index contributed by atoms with van der Waals surface area (Å²) in [6, 6.07) is 3.73. The number of alkyl halides is 3. The summed E-state index contributed by atoms with van der Waals surface area (Å²) in [5.74, 6) is 0.000934. The van der Waals surface area contributed by atoms with Crippen LogP contribution in [0.15, 0.2) is 35.4 Å². The van der Waals surface area contributed by atoms with Gasteiger partial charge in [0.25, 0.3) is 10.0 Å². The van der Waals surface area contributed by atoms with Gasteiger partial charge in [-0.1, -0.05) is 11.6 Å². The molecule has 1 aromatic carbocycles. The summed E-state index contributed by atoms with van der Waals surface area (Å²) in [5, 5.41) is 3.22. The molecular formula is C11H9ClF3N3O2S. The van der Waals surface area contributed by atoms with Crippen molar-refractivity contribution in [2.45, 2.75) is 11.1 Å². The van der Waals surface area contributed by atoms with Crippen LogP contribution in [0.3, 0.4) is 0 Å². The summed E-state index contributed by atoms with van der Waals surface area (Å²) < 4.78 is 65.7. The number of nitrogens with one attached hydrogen (secondary N) is 1. The third kappa shape index (κ3) is 3.48. The lowest BCUT2D eigenvalue weighted by atomic mass is 10.2. The van der Waals surface area contributed by atoms with Gasteiger partial charge < -0.3 is 0 Å². The number of aryl methyl sites for hydroxylation is 1. The number of aromatic nitrogens is 2. The zero-order valence-corrected chi connectivity index (χ0v) is 12.1. The molecule has 0 bridgehead atoms. The molecule has 114 valence electrons. The van der Waals surface area contributed by atoms with Crippen molar-refractivity contribution in [1.29, 1.82) is 0 Å². The minimum atomic E-state index is -4.74. The second kappa shape index (κ2) is 5.23. The van der Waals surface area contributed by atoms with Gasteiger partial charge in [-0.05, 0) is 18.2 Å². The first-order valence-electron chi connectivity index (χ1n) is 5.49. The molecule has 0 amide bonds. The van der Waals surface area contributed by atoms with Crippen LogP contribution >= 0.6 is 11.6 Å². The molecule has 0 atom stereocenters. The van der Waals surface area contributed by atoms with Crippen molar-refractivity contribution < 1.29 is 21.6 Å². The standard InChI is InChI=1S/C11H9ClF3N3O2S/c1-18-5-4-10(16-18)17-21(19,20)7-2-3-9(12)8(6-7)11(13,14)15/h2-6H,1H3,(H,16,17). The Labute approximate surface area is 123 Å². The monoisotopic (exact) mass is 339 g/mol. The Balaban J connectivity index is 2.41. The summed E-state index contributed by atoms with van der Waals surface area (Å²) in [6.45, 7) is 0. The Morgan fingerprint density at radius 2 is 1.95 bits per heavy atom. The van der Waals surface area contributed by atoms with E-state index in [1.165, 1.54) is 16.9 Å². The normalized spacial score (nSPS) is 12.4. The highest BCUT2D eigenvalue weighted by molar-refractivity contribution is 7.92. The van der Waals surface area contributed by atoms with E-state index in [2.05, 4.69) is 9.82 Å². The van der Waals surface area contributed by atoms with Crippen LogP contribution in [0.1, 0.15) is 5.56 Å². The van der Waals surface area contributed by atoms with Gasteiger partial charge in [-0.3, -0.25) is 9.40 Å². The number of halogens is 4. The van der Waals surface area contributed by atoms with Gasteiger partial charge in [-0.25, -0.2) is 8.42 Å². The van der Waals surface area contributed by atoms with Crippen LogP contribution in [0.4, 0.5) is 19.0 Å². The minimum Gasteiger partial charge on any atom is -0.274 e. The SMILES string of the molecule is Cn1ccc(NS(=O)(=O)c2ccc(Cl)c(C(F)(F)F)c2)n1. The first kappa shape index (κ1) is 15.6. The zero-order valence-electron chi connectivity index (χ0n) is 10.5. The largest absolute Gasteiger partial charge is 0.417 e. The van der Waals surface area contributed by atoms with Crippen LogP contribution in [0, 0.1) is 0 Å². The van der Waals surface area contributed by atoms with Crippen LogP contribution in [-0.2, 0) is 23.2 Å². The Kier molecular flexibility index (Phi) is 3.89. The number of benzene rings is 1. The van der Waals surface area contributed by atoms with Crippen LogP contribution in [-0.4, -0.2) is 18.2 Å². The topological polar surface area (TPSA) is 64.0 Å². The fraction of sp³-hybridized carbons (Fsp3) is 0.182. The second-order valence-electron chi connectivity index (χ2n) is 4.12. The Hall–Kier alpha value is -1.74. The summed E-state index contributed by atoms with van der Waals surface area (Å²) in [7, 11) is -2.61. The number of hydrogen-bond donors (Lipinski definition) is 1. The fourth-order valence-corrected chi connectivity index (χ4v) is 2.80. The zero-order chi connectivity index (χ0) is 15.8. The van der Waals surface area contributed by atoms with Crippen molar-refractivity contribution in [3.8, 4) is 0 Å². The van der Waals surface area contributed by atoms with E-state index < -0.39 is 31.7 Å². The lowest BCUT2D eigenvalue weighted by molar-refractivity contribution is -0.137. The first-order chi connectivity index (χ1) is 9.59. The van der Waals surface area contributed by atoms with Crippen molar-refractivity contribution in [2.24, 2.45) is 7.05 Å². The molecular weight excluding hydrogens is 331 g/mol. The lowest BCUT2D eigenvalue weighted by Gasteiger charge is -2.11. The van der Waals surface area contributed by atoms with Crippen molar-refractivity contribution in [2.75, 3.05) is 4.72 Å². The van der Waals surface area contributed by atoms with Crippen LogP contribution in [0.25, 0.3) is 0 Å². The number of rotatable bonds is 3. The molecule has 2 rings (SSSR count). The highest BCUT2D eigenvalue weighted by atomic mass is 35.5. The van der Waals surface area contributed by atoms with Crippen molar-refractivity contribution in [3.05, 3.63) is 41.0 Å². The molecule has 0 spiro atoms. The molecule has 0 saturated carbocycles. The molecule has 10 heteroatoms. The smallest absolute Gasteiger partial charge is 0.274 e. The van der Waals surface area contributed by atoms with E-state index in [0.29, 0.717) is 6.07 Å². The maximum atomic E-state index is 12.7. The third-order valence-corrected chi connectivity index (χ3v) is 4.19. The van der Waals surface area contributed by atoms with Gasteiger partial charge in [0.15, 0.2) is 5.82 Å². The van der Waals surface area contributed by atoms with Gasteiger partial charge >= 0.3 is 6.18 Å². The maximum absolute atomic E-state index is 12.7. The van der Waals surface area contributed by atoms with Crippen molar-refractivity contribution >= 4 is 27.4 Å². The molecule has 0 fully saturated rings. The second-order valence-corrected chi connectivity index (χ2v) is 6.21. The van der Waals surface area contributed by atoms with Gasteiger partial charge in [0.2, 0.25) is 0 Å². The van der Waals surface area contributed by atoms with Gasteiger partial charge in [0.05, 0.1) is 15.5 Å². The fourth-order valence-electron chi connectivity index (χ4n) is 1.55. The van der Waals surface area contributed by atoms with Gasteiger partial charge in [-0.2, -0.15) is 18.3 Å². The maximum Gasteiger partial charge on any atom is 0.417 e. The average molecular weight is 340 g/mol. The van der Waals surface area contributed by atoms with E-state index in [1.54, 1.807) is 7.05 Å². The first-order valence-corrected chi connectivity index (χ1v) is 7.35. The molecule has 0 radical (unpaired) electrons. The number of anilines is 1. The minimum absolute atomic E-state index is 0.000934. The predicted molar refractivity (Wildman–Crippen MR) is 70.5 cm³/mol. The molecule has 5 nitrogen and oxygen atoms in total. The summed E-state index contributed by atoms with van der Waals surface area (Å²) in [5.41, 5.74) is -1.21. The van der Waals surface area contributed by atoms with E-state index >= 15 is 0 Å². The van der Waals surface area contributed by atoms with Crippen molar-refractivity contribution in [3.63, 3.8) is 0 Å². The van der Waals surface area contributed by atoms with Crippen LogP contribution in [0.2, 0.25) is 5.02 Å². The molecule has 0 saturated heterocycles. The van der Waals surface area contributed by atoms with Crippen LogP contribution < -0.4 is 4.72 Å². The summed E-state index contributed by atoms with van der Waals surface area (Å²) >= 11 is 5.44. The average Bonchev–Trinajstić information content (AvgIpc) is 2.72. The Morgan fingerprint density at radius 3 is 2.48 bits per heavy atom. The number of sulfonamides is 1. The number of nitrogens with zero attached hydrogens (tertiary/aromatic N) is 2. The Bertz CT molecular complexity index is 771.